The third kappa shape index (κ3) is 14.9. The Bertz CT molecular complexity index is 2610. The molecular weight excluding hydrogens is 863 g/mol. The van der Waals surface area contributed by atoms with Crippen molar-refractivity contribution in [1.82, 2.24) is 31.2 Å². The molecule has 0 spiro atoms. The number of primary amides is 1. The van der Waals surface area contributed by atoms with E-state index in [1.165, 1.54) is 14.0 Å². The Morgan fingerprint density at radius 2 is 1.45 bits per heavy atom. The standard InChI is InChI=1S/C49H57N7O11/c1-29(57)66-35-21-20-31-24-33(19-18-32(31)25-35)44(61)51-22-12-11-17-38(47(64)56(5)41(27-42(58)59)46(63)54-39(43(50)60)23-30-13-7-6-8-14-30)53-45(62)40(55-48(65)67-49(2,3)4)26-34-28-52-37-16-10-9-15-36(34)37/h6-10,13-16,18-21,24-25,28,38-41,52H,11-12,17,22-23,26-27H2,1-5H3,(H2,50,60)(H,51,61)(H,53,62)(H,54,63)(H,55,65)(H,58,59). The summed E-state index contributed by atoms with van der Waals surface area (Å²) in [6.07, 6.45) is 0.445. The van der Waals surface area contributed by atoms with Gasteiger partial charge in [-0.15, -0.1) is 0 Å². The van der Waals surface area contributed by atoms with Crippen molar-refractivity contribution in [2.45, 2.75) is 96.0 Å². The van der Waals surface area contributed by atoms with Crippen LogP contribution in [0.5, 0.6) is 5.75 Å². The zero-order valence-electron chi connectivity index (χ0n) is 38.1. The molecular formula is C49H57N7O11. The number of amides is 6. The molecule has 4 atom stereocenters. The van der Waals surface area contributed by atoms with Gasteiger partial charge in [-0.3, -0.25) is 33.6 Å². The zero-order chi connectivity index (χ0) is 48.8. The van der Waals surface area contributed by atoms with Gasteiger partial charge in [-0.2, -0.15) is 0 Å². The monoisotopic (exact) mass is 919 g/mol. The number of H-pyrrole nitrogens is 1. The van der Waals surface area contributed by atoms with Gasteiger partial charge in [0.1, 0.15) is 35.5 Å². The molecule has 0 bridgehead atoms. The summed E-state index contributed by atoms with van der Waals surface area (Å²) in [7, 11) is 1.22. The number of carboxylic acid groups (broad SMARTS) is 1. The molecule has 18 heteroatoms. The summed E-state index contributed by atoms with van der Waals surface area (Å²) in [4.78, 5) is 109. The normalized spacial score (nSPS) is 13.0. The molecule has 4 unspecified atom stereocenters. The van der Waals surface area contributed by atoms with Gasteiger partial charge in [0.2, 0.25) is 23.6 Å². The minimum absolute atomic E-state index is 0.00357. The smallest absolute Gasteiger partial charge is 0.408 e. The van der Waals surface area contributed by atoms with E-state index in [9.17, 15) is 43.5 Å². The van der Waals surface area contributed by atoms with Crippen molar-refractivity contribution in [3.05, 3.63) is 114 Å². The maximum absolute atomic E-state index is 14.5. The van der Waals surface area contributed by atoms with E-state index in [4.69, 9.17) is 15.2 Å². The van der Waals surface area contributed by atoms with E-state index in [0.29, 0.717) is 28.9 Å². The second-order valence-corrected chi connectivity index (χ2v) is 17.1. The fourth-order valence-corrected chi connectivity index (χ4v) is 7.39. The highest BCUT2D eigenvalue weighted by Crippen LogP contribution is 2.23. The van der Waals surface area contributed by atoms with E-state index in [1.54, 1.807) is 93.7 Å². The Morgan fingerprint density at radius 3 is 2.13 bits per heavy atom. The van der Waals surface area contributed by atoms with Gasteiger partial charge < -0.3 is 51.5 Å². The van der Waals surface area contributed by atoms with Gasteiger partial charge in [-0.05, 0) is 92.3 Å². The third-order valence-corrected chi connectivity index (χ3v) is 10.7. The summed E-state index contributed by atoms with van der Waals surface area (Å²) in [5.74, 6) is -5.34. The van der Waals surface area contributed by atoms with Crippen molar-refractivity contribution in [3.8, 4) is 5.75 Å². The number of rotatable bonds is 21. The van der Waals surface area contributed by atoms with Crippen molar-refractivity contribution in [1.29, 1.82) is 0 Å². The van der Waals surface area contributed by atoms with E-state index in [0.717, 1.165) is 26.6 Å². The number of aromatic amines is 1. The highest BCUT2D eigenvalue weighted by Gasteiger charge is 2.36. The van der Waals surface area contributed by atoms with Gasteiger partial charge in [-0.25, -0.2) is 4.79 Å². The molecule has 18 nitrogen and oxygen atoms in total. The molecule has 0 fully saturated rings. The second kappa shape index (κ2) is 22.9. The molecule has 4 aromatic carbocycles. The van der Waals surface area contributed by atoms with Crippen LogP contribution in [0.25, 0.3) is 21.7 Å². The lowest BCUT2D eigenvalue weighted by Crippen LogP contribution is -2.59. The number of nitrogens with one attached hydrogen (secondary N) is 5. The number of aliphatic carboxylic acids is 1. The van der Waals surface area contributed by atoms with Crippen molar-refractivity contribution < 1.29 is 52.9 Å². The number of nitrogens with two attached hydrogens (primary N) is 1. The van der Waals surface area contributed by atoms with Crippen LogP contribution in [0.1, 0.15) is 74.9 Å². The summed E-state index contributed by atoms with van der Waals surface area (Å²) in [6.45, 7) is 6.45. The fraction of sp³-hybridized carbons (Fsp3) is 0.347. The van der Waals surface area contributed by atoms with Gasteiger partial charge >= 0.3 is 18.0 Å². The third-order valence-electron chi connectivity index (χ3n) is 10.7. The number of aromatic nitrogens is 1. The number of fused-ring (bicyclic) bond motifs is 2. The van der Waals surface area contributed by atoms with Crippen LogP contribution in [0.15, 0.2) is 97.2 Å². The molecule has 1 aromatic heterocycles. The lowest BCUT2D eigenvalue weighted by molar-refractivity contribution is -0.147. The predicted molar refractivity (Wildman–Crippen MR) is 249 cm³/mol. The molecule has 67 heavy (non-hydrogen) atoms. The molecule has 6 amide bonds. The predicted octanol–water partition coefficient (Wildman–Crippen LogP) is 4.28. The maximum atomic E-state index is 14.5. The number of carbonyl (C=O) groups excluding carboxylic acids is 7. The van der Waals surface area contributed by atoms with E-state index in [2.05, 4.69) is 26.3 Å². The molecule has 0 aliphatic rings. The van der Waals surface area contributed by atoms with Crippen molar-refractivity contribution in [2.75, 3.05) is 13.6 Å². The van der Waals surface area contributed by atoms with Gasteiger partial charge in [0.15, 0.2) is 0 Å². The first-order chi connectivity index (χ1) is 31.8. The van der Waals surface area contributed by atoms with E-state index in [1.807, 2.05) is 24.3 Å². The van der Waals surface area contributed by atoms with Crippen LogP contribution in [0.4, 0.5) is 4.79 Å². The summed E-state index contributed by atoms with van der Waals surface area (Å²) in [5.41, 5.74) is 7.23. The zero-order valence-corrected chi connectivity index (χ0v) is 38.1. The first-order valence-corrected chi connectivity index (χ1v) is 21.8. The average Bonchev–Trinajstić information content (AvgIpc) is 3.68. The number of benzene rings is 4. The van der Waals surface area contributed by atoms with E-state index >= 15 is 0 Å². The lowest BCUT2D eigenvalue weighted by atomic mass is 10.0. The van der Waals surface area contributed by atoms with E-state index < -0.39 is 77.8 Å². The number of para-hydroxylation sites is 1. The number of esters is 1. The number of carboxylic acids is 1. The Kier molecular flexibility index (Phi) is 17.2. The fourth-order valence-electron chi connectivity index (χ4n) is 7.39. The van der Waals surface area contributed by atoms with Crippen LogP contribution in [-0.4, -0.2) is 106 Å². The van der Waals surface area contributed by atoms with Crippen LogP contribution < -0.4 is 31.7 Å². The molecule has 0 radical (unpaired) electrons. The number of likely N-dealkylation sites (N-methyl/N-ethyl adjacent to an activating group) is 1. The number of hydrogen-bond donors (Lipinski definition) is 7. The summed E-state index contributed by atoms with van der Waals surface area (Å²) in [6, 6.07) is 20.6. The number of carbonyl (C=O) groups is 8. The van der Waals surface area contributed by atoms with Gasteiger partial charge in [-0.1, -0.05) is 60.7 Å². The first kappa shape index (κ1) is 50.2. The van der Waals surface area contributed by atoms with Crippen LogP contribution >= 0.6 is 0 Å². The number of unbranched alkanes of at least 4 members (excludes halogenated alkanes) is 1. The molecule has 1 heterocycles. The SMILES string of the molecule is CC(=O)Oc1ccc2cc(C(=O)NCCCCC(NC(=O)C(Cc3c[nH]c4ccccc34)NC(=O)OC(C)(C)C)C(=O)N(C)C(CC(=O)O)C(=O)NC(Cc3ccccc3)C(N)=O)ccc2c1. The molecule has 5 rings (SSSR count). The van der Waals surface area contributed by atoms with Crippen molar-refractivity contribution in [2.24, 2.45) is 5.73 Å². The largest absolute Gasteiger partial charge is 0.481 e. The van der Waals surface area contributed by atoms with Crippen LogP contribution in [0, 0.1) is 0 Å². The van der Waals surface area contributed by atoms with E-state index in [-0.39, 0.29) is 38.1 Å². The minimum atomic E-state index is -1.65. The van der Waals surface area contributed by atoms with Crippen molar-refractivity contribution in [3.63, 3.8) is 0 Å². The molecule has 0 aliphatic carbocycles. The first-order valence-electron chi connectivity index (χ1n) is 21.8. The number of ether oxygens (including phenoxy) is 2. The molecule has 0 saturated carbocycles. The van der Waals surface area contributed by atoms with Crippen LogP contribution in [-0.2, 0) is 46.3 Å². The molecule has 0 saturated heterocycles. The molecule has 354 valence electrons. The number of alkyl carbamates (subject to hydrolysis) is 1. The Morgan fingerprint density at radius 1 is 0.776 bits per heavy atom. The number of nitrogens with zero attached hydrogens (tertiary/aromatic N) is 1. The second-order valence-electron chi connectivity index (χ2n) is 17.1. The van der Waals surface area contributed by atoms with Crippen LogP contribution in [0.3, 0.4) is 0 Å². The van der Waals surface area contributed by atoms with Crippen molar-refractivity contribution >= 4 is 69.2 Å². The molecule has 0 aliphatic heterocycles. The maximum Gasteiger partial charge on any atom is 0.408 e. The highest BCUT2D eigenvalue weighted by atomic mass is 16.6. The quantitative estimate of drug-likeness (QED) is 0.0310. The molecule has 8 N–H and O–H groups in total. The van der Waals surface area contributed by atoms with Gasteiger partial charge in [0.05, 0.1) is 6.42 Å². The summed E-state index contributed by atoms with van der Waals surface area (Å²) < 4.78 is 10.6. The Labute approximate surface area is 387 Å². The van der Waals surface area contributed by atoms with Gasteiger partial charge in [0, 0.05) is 56.0 Å². The summed E-state index contributed by atoms with van der Waals surface area (Å²) >= 11 is 0. The Hall–Kier alpha value is -7.76. The number of hydrogen-bond acceptors (Lipinski definition) is 10. The highest BCUT2D eigenvalue weighted by molar-refractivity contribution is 5.99. The summed E-state index contributed by atoms with van der Waals surface area (Å²) in [5, 5.41) is 22.9. The Balaban J connectivity index is 1.36. The lowest BCUT2D eigenvalue weighted by Gasteiger charge is -2.32. The van der Waals surface area contributed by atoms with Gasteiger partial charge in [0.25, 0.3) is 5.91 Å². The topological polar surface area (TPSA) is 268 Å². The van der Waals surface area contributed by atoms with Crippen LogP contribution in [0.2, 0.25) is 0 Å². The minimum Gasteiger partial charge on any atom is -0.481 e. The average molecular weight is 920 g/mol. The molecule has 5 aromatic rings.